The third-order valence-corrected chi connectivity index (χ3v) is 5.03. The molecule has 2 aromatic rings. The van der Waals surface area contributed by atoms with Gasteiger partial charge in [-0.3, -0.25) is 4.79 Å². The molecule has 0 unspecified atom stereocenters. The largest absolute Gasteiger partial charge is 0.370 e. The highest BCUT2D eigenvalue weighted by atomic mass is 35.5. The van der Waals surface area contributed by atoms with Crippen LogP contribution in [0.4, 0.5) is 4.39 Å². The normalized spacial score (nSPS) is 22.8. The Labute approximate surface area is 143 Å². The van der Waals surface area contributed by atoms with E-state index in [9.17, 15) is 9.18 Å². The Morgan fingerprint density at radius 2 is 2.33 bits per heavy atom. The predicted octanol–water partition coefficient (Wildman–Crippen LogP) is 1.99. The molecular formula is C16H16ClFN4O2. The minimum atomic E-state index is -0.453. The van der Waals surface area contributed by atoms with Crippen molar-refractivity contribution in [1.29, 1.82) is 0 Å². The van der Waals surface area contributed by atoms with Crippen LogP contribution in [0, 0.1) is 5.82 Å². The molecule has 0 spiro atoms. The zero-order chi connectivity index (χ0) is 16.7. The first kappa shape index (κ1) is 15.5. The standard InChI is InChI=1S/C16H16ClFN4O2/c17-12-2-1-3-13(18)11(12)6-16(23)21-5-4-15-14(8-21)22-10(9-24-15)7-19-20-22/h1-3,7,14-15H,4-6,8-9H2/t14-,15-/m0/s1. The number of likely N-dealkylation sites (tertiary alicyclic amines) is 1. The molecule has 0 aliphatic carbocycles. The van der Waals surface area contributed by atoms with Crippen LogP contribution in [-0.2, 0) is 22.6 Å². The zero-order valence-electron chi connectivity index (χ0n) is 12.9. The van der Waals surface area contributed by atoms with Crippen LogP contribution in [0.15, 0.2) is 24.4 Å². The number of nitrogens with zero attached hydrogens (tertiary/aromatic N) is 4. The highest BCUT2D eigenvalue weighted by molar-refractivity contribution is 6.31. The van der Waals surface area contributed by atoms with Crippen molar-refractivity contribution in [3.63, 3.8) is 0 Å². The number of ether oxygens (including phenoxy) is 1. The fraction of sp³-hybridized carbons (Fsp3) is 0.438. The molecule has 2 aliphatic rings. The van der Waals surface area contributed by atoms with Crippen molar-refractivity contribution in [1.82, 2.24) is 19.9 Å². The molecule has 1 fully saturated rings. The first-order valence-electron chi connectivity index (χ1n) is 7.85. The van der Waals surface area contributed by atoms with Crippen molar-refractivity contribution >= 4 is 17.5 Å². The Balaban J connectivity index is 1.51. The van der Waals surface area contributed by atoms with Crippen LogP contribution in [0.2, 0.25) is 5.02 Å². The van der Waals surface area contributed by atoms with Crippen LogP contribution in [-0.4, -0.2) is 45.0 Å². The van der Waals surface area contributed by atoms with E-state index in [0.29, 0.717) is 19.7 Å². The van der Waals surface area contributed by atoms with Crippen LogP contribution in [0.1, 0.15) is 23.7 Å². The first-order chi connectivity index (χ1) is 11.6. The minimum Gasteiger partial charge on any atom is -0.370 e. The summed E-state index contributed by atoms with van der Waals surface area (Å²) in [7, 11) is 0. The number of hydrogen-bond donors (Lipinski definition) is 0. The summed E-state index contributed by atoms with van der Waals surface area (Å²) >= 11 is 6.02. The molecule has 0 radical (unpaired) electrons. The van der Waals surface area contributed by atoms with Crippen molar-refractivity contribution in [2.45, 2.75) is 31.6 Å². The van der Waals surface area contributed by atoms with Gasteiger partial charge in [-0.2, -0.15) is 0 Å². The molecule has 0 bridgehead atoms. The molecule has 2 aliphatic heterocycles. The Morgan fingerprint density at radius 3 is 3.17 bits per heavy atom. The van der Waals surface area contributed by atoms with E-state index in [1.54, 1.807) is 17.2 Å². The maximum atomic E-state index is 13.9. The van der Waals surface area contributed by atoms with E-state index in [4.69, 9.17) is 16.3 Å². The lowest BCUT2D eigenvalue weighted by Crippen LogP contribution is -2.50. The maximum Gasteiger partial charge on any atom is 0.227 e. The molecule has 1 saturated heterocycles. The van der Waals surface area contributed by atoms with Crippen LogP contribution in [0.5, 0.6) is 0 Å². The molecule has 24 heavy (non-hydrogen) atoms. The molecule has 126 valence electrons. The molecule has 1 aromatic carbocycles. The molecule has 3 heterocycles. The molecule has 6 nitrogen and oxygen atoms in total. The maximum absolute atomic E-state index is 13.9. The summed E-state index contributed by atoms with van der Waals surface area (Å²) in [5.41, 5.74) is 1.15. The fourth-order valence-electron chi connectivity index (χ4n) is 3.37. The smallest absolute Gasteiger partial charge is 0.227 e. The SMILES string of the molecule is O=C(Cc1c(F)cccc1Cl)N1CC[C@@H]2OCc3cnnn3[C@H]2C1. The molecule has 0 saturated carbocycles. The van der Waals surface area contributed by atoms with E-state index < -0.39 is 5.82 Å². The third kappa shape index (κ3) is 2.67. The van der Waals surface area contributed by atoms with E-state index in [-0.39, 0.29) is 35.1 Å². The monoisotopic (exact) mass is 350 g/mol. The topological polar surface area (TPSA) is 60.3 Å². The van der Waals surface area contributed by atoms with Crippen molar-refractivity contribution in [2.75, 3.05) is 13.1 Å². The van der Waals surface area contributed by atoms with Gasteiger partial charge in [-0.1, -0.05) is 22.9 Å². The number of benzene rings is 1. The summed E-state index contributed by atoms with van der Waals surface area (Å²) in [5.74, 6) is -0.599. The van der Waals surface area contributed by atoms with Crippen LogP contribution >= 0.6 is 11.6 Å². The number of fused-ring (bicyclic) bond motifs is 3. The van der Waals surface area contributed by atoms with Gasteiger partial charge in [-0.15, -0.1) is 5.10 Å². The van der Waals surface area contributed by atoms with Gasteiger partial charge in [0.15, 0.2) is 0 Å². The lowest BCUT2D eigenvalue weighted by molar-refractivity contribution is -0.137. The van der Waals surface area contributed by atoms with Gasteiger partial charge < -0.3 is 9.64 Å². The first-order valence-corrected chi connectivity index (χ1v) is 8.22. The van der Waals surface area contributed by atoms with Gasteiger partial charge in [0.25, 0.3) is 0 Å². The Kier molecular flexibility index (Phi) is 3.97. The Hall–Kier alpha value is -1.99. The lowest BCUT2D eigenvalue weighted by atomic mass is 9.99. The number of halogens is 2. The molecule has 4 rings (SSSR count). The van der Waals surface area contributed by atoms with Crippen molar-refractivity contribution in [3.8, 4) is 0 Å². The van der Waals surface area contributed by atoms with Crippen molar-refractivity contribution < 1.29 is 13.9 Å². The summed E-state index contributed by atoms with van der Waals surface area (Å²) in [5, 5.41) is 8.31. The van der Waals surface area contributed by atoms with Gasteiger partial charge >= 0.3 is 0 Å². The van der Waals surface area contributed by atoms with E-state index in [1.807, 2.05) is 4.68 Å². The number of aromatic nitrogens is 3. The third-order valence-electron chi connectivity index (χ3n) is 4.67. The van der Waals surface area contributed by atoms with E-state index >= 15 is 0 Å². The number of amides is 1. The second-order valence-electron chi connectivity index (χ2n) is 6.09. The van der Waals surface area contributed by atoms with Gasteiger partial charge in [-0.05, 0) is 18.6 Å². The van der Waals surface area contributed by atoms with Gasteiger partial charge in [0.2, 0.25) is 5.91 Å². The second-order valence-corrected chi connectivity index (χ2v) is 6.50. The molecule has 8 heteroatoms. The summed E-state index contributed by atoms with van der Waals surface area (Å²) in [6.45, 7) is 1.55. The Morgan fingerprint density at radius 1 is 1.46 bits per heavy atom. The summed E-state index contributed by atoms with van der Waals surface area (Å²) < 4.78 is 21.6. The van der Waals surface area contributed by atoms with Gasteiger partial charge in [0, 0.05) is 23.7 Å². The number of carbonyl (C=O) groups excluding carboxylic acids is 1. The number of carbonyl (C=O) groups is 1. The van der Waals surface area contributed by atoms with E-state index in [1.165, 1.54) is 12.1 Å². The molecular weight excluding hydrogens is 335 g/mol. The van der Waals surface area contributed by atoms with Crippen LogP contribution < -0.4 is 0 Å². The molecule has 2 atom stereocenters. The van der Waals surface area contributed by atoms with Gasteiger partial charge in [0.05, 0.1) is 37.1 Å². The Bertz CT molecular complexity index is 761. The van der Waals surface area contributed by atoms with E-state index in [2.05, 4.69) is 10.3 Å². The summed E-state index contributed by atoms with van der Waals surface area (Å²) in [6, 6.07) is 4.39. The number of hydrogen-bond acceptors (Lipinski definition) is 4. The predicted molar refractivity (Wildman–Crippen MR) is 83.9 cm³/mol. The summed E-state index contributed by atoms with van der Waals surface area (Å²) in [4.78, 5) is 14.3. The highest BCUT2D eigenvalue weighted by Gasteiger charge is 2.37. The van der Waals surface area contributed by atoms with Gasteiger partial charge in [0.1, 0.15) is 5.82 Å². The molecule has 1 aromatic heterocycles. The van der Waals surface area contributed by atoms with Crippen LogP contribution in [0.3, 0.4) is 0 Å². The zero-order valence-corrected chi connectivity index (χ0v) is 13.6. The van der Waals surface area contributed by atoms with Crippen LogP contribution in [0.25, 0.3) is 0 Å². The highest BCUT2D eigenvalue weighted by Crippen LogP contribution is 2.30. The minimum absolute atomic E-state index is 0.0281. The quantitative estimate of drug-likeness (QED) is 0.831. The van der Waals surface area contributed by atoms with E-state index in [0.717, 1.165) is 12.1 Å². The average Bonchev–Trinajstić information content (AvgIpc) is 3.07. The van der Waals surface area contributed by atoms with Gasteiger partial charge in [-0.25, -0.2) is 9.07 Å². The number of rotatable bonds is 2. The van der Waals surface area contributed by atoms with Crippen molar-refractivity contribution in [3.05, 3.63) is 46.5 Å². The second kappa shape index (κ2) is 6.14. The molecule has 1 amide bonds. The molecule has 0 N–H and O–H groups in total. The lowest BCUT2D eigenvalue weighted by Gasteiger charge is -2.41. The average molecular weight is 351 g/mol. The van der Waals surface area contributed by atoms with Crippen molar-refractivity contribution in [2.24, 2.45) is 0 Å². The fourth-order valence-corrected chi connectivity index (χ4v) is 3.60. The summed E-state index contributed by atoms with van der Waals surface area (Å²) in [6.07, 6.45) is 2.38. The number of piperidine rings is 1.